The molecule has 4 rings (SSSR count). The Morgan fingerprint density at radius 3 is 2.28 bits per heavy atom. The first kappa shape index (κ1) is 21.2. The highest BCUT2D eigenvalue weighted by atomic mass is 32.2. The molecule has 7 heteroatoms. The van der Waals surface area contributed by atoms with Crippen molar-refractivity contribution < 1.29 is 13.2 Å². The van der Waals surface area contributed by atoms with E-state index in [1.165, 1.54) is 18.7 Å². The number of ether oxygens (including phenoxy) is 1. The Morgan fingerprint density at radius 2 is 1.66 bits per heavy atom. The molecule has 29 heavy (non-hydrogen) atoms. The zero-order chi connectivity index (χ0) is 20.4. The molecule has 0 aromatic heterocycles. The summed E-state index contributed by atoms with van der Waals surface area (Å²) in [6.07, 6.45) is 0. The second kappa shape index (κ2) is 9.02. The van der Waals surface area contributed by atoms with Gasteiger partial charge in [0.15, 0.2) is 0 Å². The lowest BCUT2D eigenvalue weighted by atomic mass is 10.2. The molecule has 1 aromatic rings. The van der Waals surface area contributed by atoms with Crippen LogP contribution in [0.25, 0.3) is 0 Å². The van der Waals surface area contributed by atoms with Crippen molar-refractivity contribution in [2.24, 2.45) is 17.8 Å². The summed E-state index contributed by atoms with van der Waals surface area (Å²) in [6, 6.07) is 10.7. The Hall–Kier alpha value is -0.990. The summed E-state index contributed by atoms with van der Waals surface area (Å²) in [7, 11) is -3.11. The number of hydrogen-bond acceptors (Lipinski definition) is 5. The van der Waals surface area contributed by atoms with Crippen LogP contribution < -0.4 is 0 Å². The van der Waals surface area contributed by atoms with E-state index in [9.17, 15) is 8.42 Å². The van der Waals surface area contributed by atoms with E-state index >= 15 is 0 Å². The summed E-state index contributed by atoms with van der Waals surface area (Å²) in [5.41, 5.74) is 1.41. The van der Waals surface area contributed by atoms with Crippen LogP contribution in [0.1, 0.15) is 19.4 Å². The van der Waals surface area contributed by atoms with Crippen molar-refractivity contribution in [3.05, 3.63) is 35.9 Å². The van der Waals surface area contributed by atoms with Gasteiger partial charge in [-0.05, 0) is 37.2 Å². The molecule has 1 saturated carbocycles. The molecule has 1 aromatic carbocycles. The van der Waals surface area contributed by atoms with Crippen molar-refractivity contribution in [1.29, 1.82) is 0 Å². The summed E-state index contributed by atoms with van der Waals surface area (Å²) in [4.78, 5) is 4.90. The van der Waals surface area contributed by atoms with Crippen LogP contribution in [0.4, 0.5) is 0 Å². The van der Waals surface area contributed by atoms with Gasteiger partial charge in [-0.3, -0.25) is 9.80 Å². The summed E-state index contributed by atoms with van der Waals surface area (Å²) < 4.78 is 32.1. The first-order chi connectivity index (χ1) is 13.9. The smallest absolute Gasteiger partial charge is 0.216 e. The van der Waals surface area contributed by atoms with Crippen molar-refractivity contribution in [2.45, 2.75) is 25.6 Å². The number of fused-ring (bicyclic) bond motifs is 1. The van der Waals surface area contributed by atoms with Crippen molar-refractivity contribution in [3.63, 3.8) is 0 Å². The summed E-state index contributed by atoms with van der Waals surface area (Å²) >= 11 is 0. The molecule has 2 unspecified atom stereocenters. The second-order valence-electron chi connectivity index (χ2n) is 9.08. The largest absolute Gasteiger partial charge is 0.380 e. The Labute approximate surface area is 175 Å². The van der Waals surface area contributed by atoms with Crippen molar-refractivity contribution in [3.8, 4) is 0 Å². The summed E-state index contributed by atoms with van der Waals surface area (Å²) in [5.74, 6) is 2.39. The molecule has 3 fully saturated rings. The SMILES string of the molecule is CC(C)S(=O)(=O)N1CCN(CCOCC2C3CN(Cc4ccccc4)CC23)CC1. The predicted molar refractivity (Wildman–Crippen MR) is 115 cm³/mol. The van der Waals surface area contributed by atoms with Gasteiger partial charge in [0.25, 0.3) is 0 Å². The van der Waals surface area contributed by atoms with Gasteiger partial charge in [-0.2, -0.15) is 4.31 Å². The third-order valence-electron chi connectivity index (χ3n) is 6.85. The fourth-order valence-electron chi connectivity index (χ4n) is 4.87. The minimum Gasteiger partial charge on any atom is -0.380 e. The van der Waals surface area contributed by atoms with E-state index in [0.717, 1.165) is 57.1 Å². The second-order valence-corrected chi connectivity index (χ2v) is 11.6. The number of hydrogen-bond donors (Lipinski definition) is 0. The van der Waals surface area contributed by atoms with Gasteiger partial charge in [0.1, 0.15) is 0 Å². The highest BCUT2D eigenvalue weighted by molar-refractivity contribution is 7.89. The monoisotopic (exact) mass is 421 g/mol. The number of sulfonamides is 1. The molecule has 0 radical (unpaired) electrons. The molecule has 162 valence electrons. The van der Waals surface area contributed by atoms with Crippen LogP contribution in [0.3, 0.4) is 0 Å². The molecular weight excluding hydrogens is 386 g/mol. The van der Waals surface area contributed by atoms with Gasteiger partial charge in [0, 0.05) is 52.4 Å². The third kappa shape index (κ3) is 5.02. The van der Waals surface area contributed by atoms with Crippen LogP contribution in [0.2, 0.25) is 0 Å². The van der Waals surface area contributed by atoms with Crippen LogP contribution in [0.15, 0.2) is 30.3 Å². The first-order valence-corrected chi connectivity index (χ1v) is 12.5. The molecule has 1 aliphatic carbocycles. The predicted octanol–water partition coefficient (Wildman–Crippen LogP) is 1.74. The van der Waals surface area contributed by atoms with Gasteiger partial charge >= 0.3 is 0 Å². The van der Waals surface area contributed by atoms with E-state index in [2.05, 4.69) is 40.1 Å². The van der Waals surface area contributed by atoms with Crippen molar-refractivity contribution in [2.75, 3.05) is 59.0 Å². The van der Waals surface area contributed by atoms with Gasteiger partial charge < -0.3 is 4.74 Å². The minimum absolute atomic E-state index is 0.334. The lowest BCUT2D eigenvalue weighted by Gasteiger charge is -2.34. The fraction of sp³-hybridized carbons (Fsp3) is 0.727. The zero-order valence-corrected chi connectivity index (χ0v) is 18.6. The van der Waals surface area contributed by atoms with Gasteiger partial charge in [-0.25, -0.2) is 8.42 Å². The lowest BCUT2D eigenvalue weighted by Crippen LogP contribution is -2.50. The van der Waals surface area contributed by atoms with E-state index in [-0.39, 0.29) is 5.25 Å². The minimum atomic E-state index is -3.11. The maximum Gasteiger partial charge on any atom is 0.216 e. The molecule has 6 nitrogen and oxygen atoms in total. The van der Waals surface area contributed by atoms with Gasteiger partial charge in [0.2, 0.25) is 10.0 Å². The highest BCUT2D eigenvalue weighted by Gasteiger charge is 2.55. The molecule has 2 aliphatic heterocycles. The number of benzene rings is 1. The normalized spacial score (nSPS) is 28.7. The van der Waals surface area contributed by atoms with Crippen LogP contribution in [0, 0.1) is 17.8 Å². The van der Waals surface area contributed by atoms with Crippen LogP contribution in [0.5, 0.6) is 0 Å². The van der Waals surface area contributed by atoms with Gasteiger partial charge in [-0.1, -0.05) is 30.3 Å². The number of piperazine rings is 1. The average molecular weight is 422 g/mol. The maximum absolute atomic E-state index is 12.2. The fourth-order valence-corrected chi connectivity index (χ4v) is 6.14. The van der Waals surface area contributed by atoms with Crippen LogP contribution in [-0.4, -0.2) is 86.8 Å². The number of nitrogens with zero attached hydrogens (tertiary/aromatic N) is 3. The quantitative estimate of drug-likeness (QED) is 0.569. The van der Waals surface area contributed by atoms with Gasteiger partial charge in [-0.15, -0.1) is 0 Å². The number of likely N-dealkylation sites (tertiary alicyclic amines) is 1. The van der Waals surface area contributed by atoms with Crippen LogP contribution >= 0.6 is 0 Å². The maximum atomic E-state index is 12.2. The van der Waals surface area contributed by atoms with Crippen molar-refractivity contribution in [1.82, 2.24) is 14.1 Å². The Bertz CT molecular complexity index is 751. The Morgan fingerprint density at radius 1 is 1.00 bits per heavy atom. The van der Waals surface area contributed by atoms with E-state index in [1.54, 1.807) is 18.2 Å². The van der Waals surface area contributed by atoms with Crippen LogP contribution in [-0.2, 0) is 21.3 Å². The average Bonchev–Trinajstić information content (AvgIpc) is 3.16. The highest BCUT2D eigenvalue weighted by Crippen LogP contribution is 2.51. The van der Waals surface area contributed by atoms with E-state index in [4.69, 9.17) is 4.74 Å². The molecule has 0 bridgehead atoms. The Kier molecular flexibility index (Phi) is 6.61. The molecule has 2 saturated heterocycles. The number of rotatable bonds is 9. The molecule has 0 N–H and O–H groups in total. The summed E-state index contributed by atoms with van der Waals surface area (Å²) in [6.45, 7) is 12.3. The topological polar surface area (TPSA) is 53.1 Å². The standard InChI is InChI=1S/C22H35N3O3S/c1-18(2)29(26,27)25-10-8-23(9-11-25)12-13-28-17-22-20-15-24(16-21(20)22)14-19-6-4-3-5-7-19/h3-7,18,20-22H,8-17H2,1-2H3. The lowest BCUT2D eigenvalue weighted by molar-refractivity contribution is 0.0760. The first-order valence-electron chi connectivity index (χ1n) is 11.0. The molecule has 0 amide bonds. The molecule has 3 aliphatic rings. The van der Waals surface area contributed by atoms with Crippen molar-refractivity contribution >= 4 is 10.0 Å². The molecular formula is C22H35N3O3S. The molecule has 2 atom stereocenters. The molecule has 0 spiro atoms. The van der Waals surface area contributed by atoms with E-state index < -0.39 is 10.0 Å². The number of piperidine rings is 1. The van der Waals surface area contributed by atoms with Gasteiger partial charge in [0.05, 0.1) is 18.5 Å². The van der Waals surface area contributed by atoms with E-state index in [1.807, 2.05) is 0 Å². The Balaban J connectivity index is 1.08. The third-order valence-corrected chi connectivity index (χ3v) is 9.12. The zero-order valence-electron chi connectivity index (χ0n) is 17.7. The summed E-state index contributed by atoms with van der Waals surface area (Å²) in [5, 5.41) is -0.334. The van der Waals surface area contributed by atoms with E-state index in [0.29, 0.717) is 13.1 Å². The molecule has 2 heterocycles.